The fourth-order valence-corrected chi connectivity index (χ4v) is 0.782. The van der Waals surface area contributed by atoms with Crippen molar-refractivity contribution >= 4 is 27.9 Å². The van der Waals surface area contributed by atoms with Gasteiger partial charge in [0.2, 0.25) is 10.5 Å². The summed E-state index contributed by atoms with van der Waals surface area (Å²) in [5, 5.41) is -3.02. The Labute approximate surface area is 57.4 Å². The maximum atomic E-state index is 9.99. The molecular formula is C2H5NO4S2. The van der Waals surface area contributed by atoms with Gasteiger partial charge in [-0.1, -0.05) is 0 Å². The summed E-state index contributed by atoms with van der Waals surface area (Å²) in [5.74, 6) is 0. The zero-order chi connectivity index (χ0) is 7.65. The first kappa shape index (κ1) is 8.89. The van der Waals surface area contributed by atoms with Gasteiger partial charge < -0.3 is 5.73 Å². The molecule has 0 aliphatic carbocycles. The van der Waals surface area contributed by atoms with E-state index in [4.69, 9.17) is 4.55 Å². The third-order valence-corrected chi connectivity index (χ3v) is 1.87. The van der Waals surface area contributed by atoms with Crippen molar-refractivity contribution in [2.75, 3.05) is 0 Å². The van der Waals surface area contributed by atoms with Gasteiger partial charge in [0.25, 0.3) is 10.1 Å². The quantitative estimate of drug-likeness (QED) is 0.351. The van der Waals surface area contributed by atoms with Crippen LogP contribution >= 0.6 is 12.6 Å². The van der Waals surface area contributed by atoms with Crippen molar-refractivity contribution < 1.29 is 17.8 Å². The minimum Gasteiger partial charge on any atom is -0.306 e. The van der Waals surface area contributed by atoms with E-state index in [9.17, 15) is 13.2 Å². The average Bonchev–Trinajstić information content (AvgIpc) is 1.62. The Bertz CT molecular complexity index is 207. The third kappa shape index (κ3) is 2.80. The van der Waals surface area contributed by atoms with Gasteiger partial charge in [-0.05, 0) is 0 Å². The predicted octanol–water partition coefficient (Wildman–Crippen LogP) is -1.38. The molecule has 54 valence electrons. The van der Waals surface area contributed by atoms with E-state index in [-0.39, 0.29) is 0 Å². The molecule has 1 unspecified atom stereocenters. The molecule has 0 bridgehead atoms. The van der Waals surface area contributed by atoms with Crippen molar-refractivity contribution in [3.05, 3.63) is 0 Å². The summed E-state index contributed by atoms with van der Waals surface area (Å²) in [5.41, 5.74) is 4.63. The number of hydrogen-bond acceptors (Lipinski definition) is 4. The average molecular weight is 171 g/mol. The lowest BCUT2D eigenvalue weighted by Gasteiger charge is -1.99. The van der Waals surface area contributed by atoms with E-state index in [1.807, 2.05) is 0 Å². The summed E-state index contributed by atoms with van der Waals surface area (Å²) >= 11 is 3.08. The maximum absolute atomic E-state index is 9.99. The Morgan fingerprint density at radius 1 is 1.67 bits per heavy atom. The molecule has 0 fully saturated rings. The first-order valence-electron chi connectivity index (χ1n) is 1.80. The minimum absolute atomic E-state index is 1.09. The third-order valence-electron chi connectivity index (χ3n) is 0.564. The van der Waals surface area contributed by atoms with Crippen LogP contribution in [0.25, 0.3) is 0 Å². The maximum Gasteiger partial charge on any atom is 0.289 e. The first-order valence-corrected chi connectivity index (χ1v) is 3.75. The summed E-state index contributed by atoms with van der Waals surface area (Å²) in [7, 11) is -4.45. The van der Waals surface area contributed by atoms with Crippen LogP contribution in [0.1, 0.15) is 0 Å². The minimum atomic E-state index is -4.45. The highest BCUT2D eigenvalue weighted by atomic mass is 32.2. The molecule has 0 aromatic rings. The summed E-state index contributed by atoms with van der Waals surface area (Å²) in [6.07, 6.45) is 0. The topological polar surface area (TPSA) is 97.5 Å². The van der Waals surface area contributed by atoms with E-state index in [1.54, 1.807) is 0 Å². The van der Waals surface area contributed by atoms with Crippen LogP contribution in [0.5, 0.6) is 0 Å². The van der Waals surface area contributed by atoms with Crippen molar-refractivity contribution in [1.29, 1.82) is 0 Å². The van der Waals surface area contributed by atoms with Crippen LogP contribution in [0.2, 0.25) is 0 Å². The van der Waals surface area contributed by atoms with Crippen LogP contribution in [-0.2, 0) is 14.9 Å². The molecule has 0 spiro atoms. The second kappa shape index (κ2) is 2.65. The van der Waals surface area contributed by atoms with Crippen molar-refractivity contribution in [2.45, 2.75) is 5.37 Å². The molecule has 0 amide bonds. The number of thiol groups is 1. The summed E-state index contributed by atoms with van der Waals surface area (Å²) in [6.45, 7) is 0. The van der Waals surface area contributed by atoms with Gasteiger partial charge in [-0.15, -0.1) is 12.6 Å². The van der Waals surface area contributed by atoms with Gasteiger partial charge in [-0.2, -0.15) is 8.42 Å². The lowest BCUT2D eigenvalue weighted by Crippen LogP contribution is -2.35. The molecular weight excluding hydrogens is 166 g/mol. The van der Waals surface area contributed by atoms with Crippen LogP contribution in [0.15, 0.2) is 0 Å². The molecule has 0 radical (unpaired) electrons. The molecule has 0 heterocycles. The fourth-order valence-electron chi connectivity index (χ4n) is 0.127. The monoisotopic (exact) mass is 171 g/mol. The smallest absolute Gasteiger partial charge is 0.289 e. The number of carbonyl (C=O) groups is 1. The highest BCUT2D eigenvalue weighted by Crippen LogP contribution is 1.94. The molecule has 7 heteroatoms. The van der Waals surface area contributed by atoms with Crippen LogP contribution in [-0.4, -0.2) is 23.5 Å². The van der Waals surface area contributed by atoms with Crippen molar-refractivity contribution in [1.82, 2.24) is 0 Å². The van der Waals surface area contributed by atoms with Crippen molar-refractivity contribution in [3.8, 4) is 0 Å². The molecule has 9 heavy (non-hydrogen) atoms. The van der Waals surface area contributed by atoms with Gasteiger partial charge in [0.15, 0.2) is 0 Å². The predicted molar refractivity (Wildman–Crippen MR) is 33.5 cm³/mol. The summed E-state index contributed by atoms with van der Waals surface area (Å²) < 4.78 is 27.9. The number of nitrogens with two attached hydrogens (primary N) is 1. The Morgan fingerprint density at radius 2 is 2.00 bits per heavy atom. The van der Waals surface area contributed by atoms with Gasteiger partial charge in [0.1, 0.15) is 0 Å². The SMILES string of the molecule is NC(C(=O)S)S(=O)(=O)O. The number of rotatable bonds is 2. The Morgan fingerprint density at radius 3 is 2.00 bits per heavy atom. The zero-order valence-corrected chi connectivity index (χ0v) is 5.89. The number of hydrogen-bond donors (Lipinski definition) is 3. The standard InChI is InChI=1S/C2H5NO4S2/c3-1(2(4)8)9(5,6)7/h1H,3H2,(H,4,8)(H,5,6,7). The first-order chi connectivity index (χ1) is 3.85. The lowest BCUT2D eigenvalue weighted by molar-refractivity contribution is -0.110. The molecule has 0 aromatic carbocycles. The highest BCUT2D eigenvalue weighted by Gasteiger charge is 2.22. The van der Waals surface area contributed by atoms with Crippen LogP contribution in [0.4, 0.5) is 0 Å². The lowest BCUT2D eigenvalue weighted by atomic mass is 10.8. The highest BCUT2D eigenvalue weighted by molar-refractivity contribution is 8.00. The van der Waals surface area contributed by atoms with Gasteiger partial charge in [-0.3, -0.25) is 9.35 Å². The summed E-state index contributed by atoms with van der Waals surface area (Å²) in [6, 6.07) is 0. The van der Waals surface area contributed by atoms with E-state index in [2.05, 4.69) is 18.4 Å². The van der Waals surface area contributed by atoms with Gasteiger partial charge >= 0.3 is 0 Å². The van der Waals surface area contributed by atoms with Crippen LogP contribution in [0.3, 0.4) is 0 Å². The molecule has 0 rings (SSSR count). The van der Waals surface area contributed by atoms with Crippen LogP contribution in [0, 0.1) is 0 Å². The van der Waals surface area contributed by atoms with E-state index in [1.165, 1.54) is 0 Å². The van der Waals surface area contributed by atoms with Crippen molar-refractivity contribution in [3.63, 3.8) is 0 Å². The molecule has 0 aliphatic rings. The van der Waals surface area contributed by atoms with Gasteiger partial charge in [-0.25, -0.2) is 0 Å². The van der Waals surface area contributed by atoms with Gasteiger partial charge in [0.05, 0.1) is 0 Å². The second-order valence-electron chi connectivity index (χ2n) is 1.27. The van der Waals surface area contributed by atoms with E-state index < -0.39 is 20.6 Å². The van der Waals surface area contributed by atoms with Crippen molar-refractivity contribution in [2.24, 2.45) is 5.73 Å². The Balaban J connectivity index is 4.43. The number of carbonyl (C=O) groups excluding carboxylic acids is 1. The molecule has 0 saturated carbocycles. The second-order valence-corrected chi connectivity index (χ2v) is 3.25. The molecule has 5 nitrogen and oxygen atoms in total. The fraction of sp³-hybridized carbons (Fsp3) is 0.500. The Hall–Kier alpha value is -0.110. The molecule has 1 atom stereocenters. The van der Waals surface area contributed by atoms with E-state index >= 15 is 0 Å². The van der Waals surface area contributed by atoms with Crippen LogP contribution < -0.4 is 5.73 Å². The van der Waals surface area contributed by atoms with Gasteiger partial charge in [0, 0.05) is 0 Å². The summed E-state index contributed by atoms with van der Waals surface area (Å²) in [4.78, 5) is 9.99. The Kier molecular flexibility index (Phi) is 2.62. The zero-order valence-electron chi connectivity index (χ0n) is 4.18. The normalized spacial score (nSPS) is 15.0. The largest absolute Gasteiger partial charge is 0.306 e. The van der Waals surface area contributed by atoms with E-state index in [0.29, 0.717) is 0 Å². The van der Waals surface area contributed by atoms with E-state index in [0.717, 1.165) is 0 Å². The molecule has 3 N–H and O–H groups in total. The molecule has 0 aliphatic heterocycles. The molecule has 0 aromatic heterocycles. The molecule has 0 saturated heterocycles.